The maximum absolute atomic E-state index is 5.11. The molecule has 1 aromatic rings. The highest BCUT2D eigenvalue weighted by atomic mass is 16.5. The first kappa shape index (κ1) is 10.2. The summed E-state index contributed by atoms with van der Waals surface area (Å²) in [4.78, 5) is 8.66. The van der Waals surface area contributed by atoms with Crippen LogP contribution in [0.1, 0.15) is 18.2 Å². The Morgan fingerprint density at radius 3 is 2.40 bits per heavy atom. The lowest BCUT2D eigenvalue weighted by atomic mass is 10.1. The molecule has 0 spiro atoms. The fourth-order valence-corrected chi connectivity index (χ4v) is 1.69. The van der Waals surface area contributed by atoms with E-state index in [1.165, 1.54) is 0 Å². The number of nitrogens with zero attached hydrogens (tertiary/aromatic N) is 2. The molecule has 1 aliphatic rings. The second-order valence-electron chi connectivity index (χ2n) is 3.50. The summed E-state index contributed by atoms with van der Waals surface area (Å²) < 4.78 is 10.2. The molecular formula is C10H15N3O2. The van der Waals surface area contributed by atoms with E-state index < -0.39 is 0 Å². The molecule has 5 nitrogen and oxygen atoms in total. The highest BCUT2D eigenvalue weighted by Gasteiger charge is 2.20. The van der Waals surface area contributed by atoms with Gasteiger partial charge in [0.05, 0.1) is 20.3 Å². The van der Waals surface area contributed by atoms with Gasteiger partial charge in [0.15, 0.2) is 0 Å². The molecule has 1 aromatic heterocycles. The standard InChI is InChI=1S/C10H15N3O2/c1-14-8-5-9(15-2)13-10(12-8)7-3-4-11-6-7/h5,7,11H,3-4,6H2,1-2H3. The first-order chi connectivity index (χ1) is 7.33. The molecule has 15 heavy (non-hydrogen) atoms. The van der Waals surface area contributed by atoms with E-state index in [9.17, 15) is 0 Å². The molecule has 0 amide bonds. The van der Waals surface area contributed by atoms with E-state index in [1.807, 2.05) is 0 Å². The predicted octanol–water partition coefficient (Wildman–Crippen LogP) is 0.571. The predicted molar refractivity (Wildman–Crippen MR) is 55.4 cm³/mol. The Morgan fingerprint density at radius 1 is 1.27 bits per heavy atom. The van der Waals surface area contributed by atoms with Gasteiger partial charge in [-0.2, -0.15) is 9.97 Å². The molecule has 0 aliphatic carbocycles. The van der Waals surface area contributed by atoms with Crippen molar-refractivity contribution in [3.05, 3.63) is 11.9 Å². The second kappa shape index (κ2) is 4.44. The van der Waals surface area contributed by atoms with Crippen LogP contribution >= 0.6 is 0 Å². The lowest BCUT2D eigenvalue weighted by Crippen LogP contribution is -2.11. The fraction of sp³-hybridized carbons (Fsp3) is 0.600. The van der Waals surface area contributed by atoms with Crippen LogP contribution in [0.15, 0.2) is 6.07 Å². The Hall–Kier alpha value is -1.36. The summed E-state index contributed by atoms with van der Waals surface area (Å²) in [6.45, 7) is 1.95. The number of rotatable bonds is 3. The molecule has 5 heteroatoms. The summed E-state index contributed by atoms with van der Waals surface area (Å²) in [6, 6.07) is 1.69. The van der Waals surface area contributed by atoms with E-state index >= 15 is 0 Å². The van der Waals surface area contributed by atoms with Crippen LogP contribution in [0, 0.1) is 0 Å². The van der Waals surface area contributed by atoms with E-state index in [1.54, 1.807) is 20.3 Å². The van der Waals surface area contributed by atoms with Gasteiger partial charge in [0, 0.05) is 12.5 Å². The SMILES string of the molecule is COc1cc(OC)nc(C2CCNC2)n1. The minimum absolute atomic E-state index is 0.369. The fourth-order valence-electron chi connectivity index (χ4n) is 1.69. The molecule has 0 saturated carbocycles. The molecule has 1 saturated heterocycles. The van der Waals surface area contributed by atoms with Crippen LogP contribution in [-0.2, 0) is 0 Å². The first-order valence-corrected chi connectivity index (χ1v) is 5.01. The first-order valence-electron chi connectivity index (χ1n) is 5.01. The van der Waals surface area contributed by atoms with Gasteiger partial charge in [-0.1, -0.05) is 0 Å². The zero-order valence-corrected chi connectivity index (χ0v) is 8.99. The van der Waals surface area contributed by atoms with Crippen molar-refractivity contribution in [2.24, 2.45) is 0 Å². The normalized spacial score (nSPS) is 20.3. The van der Waals surface area contributed by atoms with E-state index in [4.69, 9.17) is 9.47 Å². The average Bonchev–Trinajstić information content (AvgIpc) is 2.81. The highest BCUT2D eigenvalue weighted by Crippen LogP contribution is 2.23. The van der Waals surface area contributed by atoms with Crippen molar-refractivity contribution in [1.82, 2.24) is 15.3 Å². The molecule has 1 atom stereocenters. The lowest BCUT2D eigenvalue weighted by Gasteiger charge is -2.09. The van der Waals surface area contributed by atoms with Gasteiger partial charge in [-0.3, -0.25) is 0 Å². The molecule has 0 aromatic carbocycles. The number of aromatic nitrogens is 2. The van der Waals surface area contributed by atoms with E-state index in [2.05, 4.69) is 15.3 Å². The van der Waals surface area contributed by atoms with Crippen LogP contribution in [0.5, 0.6) is 11.8 Å². The number of hydrogen-bond donors (Lipinski definition) is 1. The molecule has 82 valence electrons. The van der Waals surface area contributed by atoms with E-state index in [0.717, 1.165) is 25.3 Å². The number of ether oxygens (including phenoxy) is 2. The maximum atomic E-state index is 5.11. The largest absolute Gasteiger partial charge is 0.481 e. The maximum Gasteiger partial charge on any atom is 0.220 e. The van der Waals surface area contributed by atoms with Gasteiger partial charge in [-0.05, 0) is 13.0 Å². The third-order valence-electron chi connectivity index (χ3n) is 2.54. The monoisotopic (exact) mass is 209 g/mol. The Labute approximate surface area is 88.8 Å². The minimum atomic E-state index is 0.369. The summed E-state index contributed by atoms with van der Waals surface area (Å²) in [6.07, 6.45) is 1.07. The number of nitrogens with one attached hydrogen (secondary N) is 1. The minimum Gasteiger partial charge on any atom is -0.481 e. The van der Waals surface area contributed by atoms with Crippen LogP contribution in [-0.4, -0.2) is 37.3 Å². The van der Waals surface area contributed by atoms with Crippen molar-refractivity contribution in [1.29, 1.82) is 0 Å². The Morgan fingerprint density at radius 2 is 1.93 bits per heavy atom. The summed E-state index contributed by atoms with van der Waals surface area (Å²) >= 11 is 0. The van der Waals surface area contributed by atoms with Crippen LogP contribution in [0.3, 0.4) is 0 Å². The topological polar surface area (TPSA) is 56.3 Å². The molecular weight excluding hydrogens is 194 g/mol. The third-order valence-corrected chi connectivity index (χ3v) is 2.54. The second-order valence-corrected chi connectivity index (χ2v) is 3.50. The van der Waals surface area contributed by atoms with Gasteiger partial charge >= 0.3 is 0 Å². The van der Waals surface area contributed by atoms with Crippen molar-refractivity contribution in [2.45, 2.75) is 12.3 Å². The average molecular weight is 209 g/mol. The summed E-state index contributed by atoms with van der Waals surface area (Å²) in [5.74, 6) is 2.29. The molecule has 1 aliphatic heterocycles. The van der Waals surface area contributed by atoms with Gasteiger partial charge in [0.25, 0.3) is 0 Å². The Bertz CT molecular complexity index is 315. The molecule has 0 radical (unpaired) electrons. The molecule has 1 unspecified atom stereocenters. The molecule has 2 rings (SSSR count). The number of methoxy groups -OCH3 is 2. The van der Waals surface area contributed by atoms with Crippen molar-refractivity contribution in [3.63, 3.8) is 0 Å². The molecule has 1 fully saturated rings. The molecule has 2 heterocycles. The van der Waals surface area contributed by atoms with E-state index in [-0.39, 0.29) is 0 Å². The highest BCUT2D eigenvalue weighted by molar-refractivity contribution is 5.22. The van der Waals surface area contributed by atoms with Gasteiger partial charge in [-0.15, -0.1) is 0 Å². The third kappa shape index (κ3) is 2.18. The van der Waals surface area contributed by atoms with Crippen molar-refractivity contribution < 1.29 is 9.47 Å². The van der Waals surface area contributed by atoms with Crippen LogP contribution < -0.4 is 14.8 Å². The van der Waals surface area contributed by atoms with Gasteiger partial charge in [-0.25, -0.2) is 0 Å². The Kier molecular flexibility index (Phi) is 3.01. The zero-order chi connectivity index (χ0) is 10.7. The van der Waals surface area contributed by atoms with Gasteiger partial charge in [0.2, 0.25) is 11.8 Å². The molecule has 1 N–H and O–H groups in total. The lowest BCUT2D eigenvalue weighted by molar-refractivity contribution is 0.366. The Balaban J connectivity index is 2.28. The number of hydrogen-bond acceptors (Lipinski definition) is 5. The van der Waals surface area contributed by atoms with Crippen LogP contribution in [0.4, 0.5) is 0 Å². The van der Waals surface area contributed by atoms with Crippen LogP contribution in [0.2, 0.25) is 0 Å². The van der Waals surface area contributed by atoms with Crippen molar-refractivity contribution >= 4 is 0 Å². The quantitative estimate of drug-likeness (QED) is 0.788. The summed E-state index contributed by atoms with van der Waals surface area (Å²) in [5.41, 5.74) is 0. The van der Waals surface area contributed by atoms with Gasteiger partial charge in [0.1, 0.15) is 5.82 Å². The zero-order valence-electron chi connectivity index (χ0n) is 8.99. The van der Waals surface area contributed by atoms with Crippen molar-refractivity contribution in [3.8, 4) is 11.8 Å². The summed E-state index contributed by atoms with van der Waals surface area (Å²) in [5, 5.41) is 3.28. The van der Waals surface area contributed by atoms with E-state index in [0.29, 0.717) is 17.7 Å². The summed E-state index contributed by atoms with van der Waals surface area (Å²) in [7, 11) is 3.19. The van der Waals surface area contributed by atoms with Crippen molar-refractivity contribution in [2.75, 3.05) is 27.3 Å². The smallest absolute Gasteiger partial charge is 0.220 e. The van der Waals surface area contributed by atoms with Gasteiger partial charge < -0.3 is 14.8 Å². The molecule has 0 bridgehead atoms. The van der Waals surface area contributed by atoms with Crippen LogP contribution in [0.25, 0.3) is 0 Å².